The predicted octanol–water partition coefficient (Wildman–Crippen LogP) is 3.00. The van der Waals surface area contributed by atoms with Crippen LogP contribution in [0.1, 0.15) is 54.4 Å². The maximum absolute atomic E-state index is 13.1. The molecule has 1 unspecified atom stereocenters. The van der Waals surface area contributed by atoms with Gasteiger partial charge in [-0.2, -0.15) is 0 Å². The second-order valence-electron chi connectivity index (χ2n) is 6.88. The molecule has 0 spiro atoms. The average Bonchev–Trinajstić information content (AvgIpc) is 3.22. The molecular weight excluding hydrogens is 376 g/mol. The third-order valence-electron chi connectivity index (χ3n) is 4.85. The second-order valence-corrected chi connectivity index (χ2v) is 7.92. The molecule has 0 bridgehead atoms. The Morgan fingerprint density at radius 1 is 1.18 bits per heavy atom. The summed E-state index contributed by atoms with van der Waals surface area (Å²) in [6.45, 7) is 0.792. The lowest BCUT2D eigenvalue weighted by molar-refractivity contribution is -0.126. The summed E-state index contributed by atoms with van der Waals surface area (Å²) in [4.78, 5) is 25.8. The number of Topliss-reactive ketones (excluding diaryl/α,β-unsaturated/α-hetero) is 1. The van der Waals surface area contributed by atoms with Crippen LogP contribution in [0.15, 0.2) is 40.0 Å². The van der Waals surface area contributed by atoms with E-state index in [0.29, 0.717) is 10.8 Å². The van der Waals surface area contributed by atoms with Gasteiger partial charge < -0.3 is 15.1 Å². The van der Waals surface area contributed by atoms with Crippen molar-refractivity contribution >= 4 is 23.5 Å². The van der Waals surface area contributed by atoms with Crippen LogP contribution in [0.4, 0.5) is 0 Å². The summed E-state index contributed by atoms with van der Waals surface area (Å²) in [6, 6.07) is 8.37. The quantitative estimate of drug-likeness (QED) is 0.378. The van der Waals surface area contributed by atoms with E-state index in [4.69, 9.17) is 4.42 Å². The van der Waals surface area contributed by atoms with Crippen molar-refractivity contribution < 1.29 is 14.0 Å². The molecule has 1 aliphatic carbocycles. The molecule has 0 saturated heterocycles. The molecular formula is C20H26N4O3S. The number of rotatable bonds is 9. The van der Waals surface area contributed by atoms with Crippen molar-refractivity contribution in [3.63, 3.8) is 0 Å². The fourth-order valence-electron chi connectivity index (χ4n) is 3.30. The molecule has 150 valence electrons. The van der Waals surface area contributed by atoms with Crippen molar-refractivity contribution in [3.8, 4) is 0 Å². The lowest BCUT2D eigenvalue weighted by Gasteiger charge is -2.24. The topological polar surface area (TPSA) is 97.1 Å². The third kappa shape index (κ3) is 5.42. The zero-order valence-corrected chi connectivity index (χ0v) is 16.8. The summed E-state index contributed by atoms with van der Waals surface area (Å²) in [5.74, 6) is 0.175. The Balaban J connectivity index is 1.75. The van der Waals surface area contributed by atoms with Crippen molar-refractivity contribution in [3.05, 3.63) is 41.8 Å². The molecule has 2 aromatic rings. The highest BCUT2D eigenvalue weighted by atomic mass is 32.2. The van der Waals surface area contributed by atoms with Crippen molar-refractivity contribution in [1.82, 2.24) is 20.8 Å². The number of ketones is 1. The molecule has 8 heteroatoms. The molecule has 1 saturated carbocycles. The molecule has 7 nitrogen and oxygen atoms in total. The number of aromatic nitrogens is 2. The van der Waals surface area contributed by atoms with Gasteiger partial charge in [0.1, 0.15) is 6.04 Å². The van der Waals surface area contributed by atoms with Gasteiger partial charge in [0, 0.05) is 18.2 Å². The first-order valence-electron chi connectivity index (χ1n) is 9.69. The number of thioether (sulfide) groups is 1. The standard InChI is InChI=1S/C20H26N4O3S/c1-21-12-13-28-20-24-23-19(27-20)17(25)16(14-8-4-2-5-9-14)22-18(26)15-10-6-3-7-11-15/h2,4-5,8-9,15-16,21H,3,6-7,10-13H2,1H3,(H,22,26). The summed E-state index contributed by atoms with van der Waals surface area (Å²) in [5.41, 5.74) is 0.708. The Labute approximate surface area is 169 Å². The number of nitrogens with one attached hydrogen (secondary N) is 2. The summed E-state index contributed by atoms with van der Waals surface area (Å²) >= 11 is 1.39. The minimum atomic E-state index is -0.828. The van der Waals surface area contributed by atoms with Gasteiger partial charge in [0.25, 0.3) is 11.1 Å². The zero-order valence-electron chi connectivity index (χ0n) is 16.0. The zero-order chi connectivity index (χ0) is 19.8. The molecule has 0 aliphatic heterocycles. The van der Waals surface area contributed by atoms with Crippen LogP contribution < -0.4 is 10.6 Å². The molecule has 1 atom stereocenters. The van der Waals surface area contributed by atoms with Gasteiger partial charge in [-0.05, 0) is 25.5 Å². The van der Waals surface area contributed by atoms with Gasteiger partial charge in [-0.15, -0.1) is 10.2 Å². The summed E-state index contributed by atoms with van der Waals surface area (Å²) in [5, 5.41) is 14.2. The Morgan fingerprint density at radius 3 is 2.64 bits per heavy atom. The third-order valence-corrected chi connectivity index (χ3v) is 5.67. The smallest absolute Gasteiger partial charge is 0.287 e. The maximum Gasteiger partial charge on any atom is 0.287 e. The summed E-state index contributed by atoms with van der Waals surface area (Å²) in [7, 11) is 1.86. The minimum absolute atomic E-state index is 0.0388. The molecule has 1 aromatic carbocycles. The van der Waals surface area contributed by atoms with E-state index in [1.165, 1.54) is 18.2 Å². The fraction of sp³-hybridized carbons (Fsp3) is 0.500. The van der Waals surface area contributed by atoms with Gasteiger partial charge in [-0.3, -0.25) is 9.59 Å². The second kappa shape index (κ2) is 10.4. The number of carbonyl (C=O) groups excluding carboxylic acids is 2. The number of nitrogens with zero attached hydrogens (tertiary/aromatic N) is 2. The Bertz CT molecular complexity index is 775. The molecule has 1 aromatic heterocycles. The number of hydrogen-bond acceptors (Lipinski definition) is 7. The largest absolute Gasteiger partial charge is 0.408 e. The molecule has 1 amide bonds. The SMILES string of the molecule is CNCCSc1nnc(C(=O)C(NC(=O)C2CCCCC2)c2ccccc2)o1. The maximum atomic E-state index is 13.1. The van der Waals surface area contributed by atoms with Crippen LogP contribution in [0.3, 0.4) is 0 Å². The van der Waals surface area contributed by atoms with Crippen molar-refractivity contribution in [2.45, 2.75) is 43.4 Å². The van der Waals surface area contributed by atoms with Crippen LogP contribution >= 0.6 is 11.8 Å². The Kier molecular flexibility index (Phi) is 7.62. The van der Waals surface area contributed by atoms with E-state index < -0.39 is 6.04 Å². The van der Waals surface area contributed by atoms with Crippen LogP contribution in [0.25, 0.3) is 0 Å². The summed E-state index contributed by atoms with van der Waals surface area (Å²) < 4.78 is 5.53. The Hall–Kier alpha value is -2.19. The number of hydrogen-bond donors (Lipinski definition) is 2. The first-order chi connectivity index (χ1) is 13.7. The molecule has 1 aliphatic rings. The van der Waals surface area contributed by atoms with E-state index in [-0.39, 0.29) is 23.5 Å². The fourth-order valence-corrected chi connectivity index (χ4v) is 4.02. The van der Waals surface area contributed by atoms with Gasteiger partial charge in [-0.25, -0.2) is 0 Å². The lowest BCUT2D eigenvalue weighted by Crippen LogP contribution is -2.38. The highest BCUT2D eigenvalue weighted by molar-refractivity contribution is 7.99. The number of benzene rings is 1. The normalized spacial score (nSPS) is 15.9. The van der Waals surface area contributed by atoms with E-state index in [1.54, 1.807) is 0 Å². The first kappa shape index (κ1) is 20.5. The number of carbonyl (C=O) groups is 2. The molecule has 1 fully saturated rings. The van der Waals surface area contributed by atoms with Crippen LogP contribution in [0.2, 0.25) is 0 Å². The Morgan fingerprint density at radius 2 is 1.93 bits per heavy atom. The summed E-state index contributed by atoms with van der Waals surface area (Å²) in [6.07, 6.45) is 5.02. The molecule has 28 heavy (non-hydrogen) atoms. The van der Waals surface area contributed by atoms with Crippen molar-refractivity contribution in [1.29, 1.82) is 0 Å². The molecule has 3 rings (SSSR count). The molecule has 0 radical (unpaired) electrons. The molecule has 1 heterocycles. The van der Waals surface area contributed by atoms with Crippen LogP contribution in [-0.4, -0.2) is 41.2 Å². The van der Waals surface area contributed by atoms with E-state index in [2.05, 4.69) is 20.8 Å². The van der Waals surface area contributed by atoms with Crippen LogP contribution in [0, 0.1) is 5.92 Å². The highest BCUT2D eigenvalue weighted by Gasteiger charge is 2.31. The lowest BCUT2D eigenvalue weighted by atomic mass is 9.88. The first-order valence-corrected chi connectivity index (χ1v) is 10.7. The van der Waals surface area contributed by atoms with Crippen molar-refractivity contribution in [2.24, 2.45) is 5.92 Å². The van der Waals surface area contributed by atoms with Gasteiger partial charge >= 0.3 is 0 Å². The van der Waals surface area contributed by atoms with E-state index in [1.807, 2.05) is 37.4 Å². The van der Waals surface area contributed by atoms with Gasteiger partial charge in [0.05, 0.1) is 0 Å². The van der Waals surface area contributed by atoms with Gasteiger partial charge in [-0.1, -0.05) is 61.4 Å². The monoisotopic (exact) mass is 402 g/mol. The van der Waals surface area contributed by atoms with Crippen LogP contribution in [-0.2, 0) is 4.79 Å². The van der Waals surface area contributed by atoms with Gasteiger partial charge in [0.2, 0.25) is 11.7 Å². The molecule has 2 N–H and O–H groups in total. The van der Waals surface area contributed by atoms with Gasteiger partial charge in [0.15, 0.2) is 0 Å². The van der Waals surface area contributed by atoms with Crippen molar-refractivity contribution in [2.75, 3.05) is 19.3 Å². The number of amides is 1. The van der Waals surface area contributed by atoms with E-state index >= 15 is 0 Å². The van der Waals surface area contributed by atoms with E-state index in [9.17, 15) is 9.59 Å². The predicted molar refractivity (Wildman–Crippen MR) is 107 cm³/mol. The highest BCUT2D eigenvalue weighted by Crippen LogP contribution is 2.26. The van der Waals surface area contributed by atoms with E-state index in [0.717, 1.165) is 38.0 Å². The average molecular weight is 403 g/mol. The van der Waals surface area contributed by atoms with Crippen LogP contribution in [0.5, 0.6) is 0 Å². The minimum Gasteiger partial charge on any atom is -0.408 e.